The van der Waals surface area contributed by atoms with Crippen LogP contribution in [-0.4, -0.2) is 35.0 Å². The fraction of sp³-hybridized carbons (Fsp3) is 0.333. The molecule has 0 aliphatic heterocycles. The Bertz CT molecular complexity index is 610. The fourth-order valence-corrected chi connectivity index (χ4v) is 1.69. The normalized spacial score (nSPS) is 9.25. The molecule has 0 saturated heterocycles. The van der Waals surface area contributed by atoms with Gasteiger partial charge in [-0.1, -0.05) is 11.8 Å². The van der Waals surface area contributed by atoms with E-state index in [0.717, 1.165) is 0 Å². The quantitative estimate of drug-likeness (QED) is 0.821. The van der Waals surface area contributed by atoms with Gasteiger partial charge in [0.05, 0.1) is 24.9 Å². The van der Waals surface area contributed by atoms with Crippen molar-refractivity contribution >= 4 is 11.9 Å². The number of carboxylic acid groups (broad SMARTS) is 1. The van der Waals surface area contributed by atoms with Crippen LogP contribution in [0.15, 0.2) is 10.7 Å². The molecule has 1 N–H and O–H groups in total. The summed E-state index contributed by atoms with van der Waals surface area (Å²) >= 11 is 0. The molecule has 1 amide bonds. The maximum absolute atomic E-state index is 12.4. The van der Waals surface area contributed by atoms with Crippen LogP contribution >= 0.6 is 0 Å². The molecule has 0 aliphatic rings. The van der Waals surface area contributed by atoms with Crippen molar-refractivity contribution in [2.24, 2.45) is 0 Å². The molecular formula is C15H15NO4. The summed E-state index contributed by atoms with van der Waals surface area (Å²) in [6.07, 6.45) is 6.26. The Morgan fingerprint density at radius 3 is 2.70 bits per heavy atom. The number of hydrogen-bond donors (Lipinski definition) is 1. The summed E-state index contributed by atoms with van der Waals surface area (Å²) in [6, 6.07) is 0. The third-order valence-electron chi connectivity index (χ3n) is 2.59. The average molecular weight is 273 g/mol. The monoisotopic (exact) mass is 273 g/mol. The van der Waals surface area contributed by atoms with Gasteiger partial charge in [0.25, 0.3) is 5.91 Å². The van der Waals surface area contributed by atoms with Crippen LogP contribution in [0.1, 0.15) is 28.6 Å². The second kappa shape index (κ2) is 7.06. The number of carbonyl (C=O) groups excluding carboxylic acids is 1. The highest BCUT2D eigenvalue weighted by molar-refractivity contribution is 5.97. The van der Waals surface area contributed by atoms with Gasteiger partial charge in [0.15, 0.2) is 0 Å². The van der Waals surface area contributed by atoms with Crippen LogP contribution in [-0.2, 0) is 11.2 Å². The van der Waals surface area contributed by atoms with Crippen LogP contribution in [0.3, 0.4) is 0 Å². The van der Waals surface area contributed by atoms with Gasteiger partial charge in [-0.3, -0.25) is 9.59 Å². The number of hydrogen-bond acceptors (Lipinski definition) is 3. The Balaban J connectivity index is 3.09. The van der Waals surface area contributed by atoms with E-state index in [4.69, 9.17) is 15.9 Å². The second-order valence-electron chi connectivity index (χ2n) is 4.08. The number of carboxylic acids is 1. The molecule has 5 heteroatoms. The molecular weight excluding hydrogens is 258 g/mol. The van der Waals surface area contributed by atoms with Crippen molar-refractivity contribution in [3.05, 3.63) is 23.2 Å². The molecule has 0 radical (unpaired) electrons. The van der Waals surface area contributed by atoms with E-state index < -0.39 is 5.97 Å². The predicted molar refractivity (Wildman–Crippen MR) is 73.0 cm³/mol. The largest absolute Gasteiger partial charge is 0.481 e. The molecule has 0 bridgehead atoms. The zero-order chi connectivity index (χ0) is 15.1. The first kappa shape index (κ1) is 15.4. The molecule has 20 heavy (non-hydrogen) atoms. The van der Waals surface area contributed by atoms with E-state index in [1.54, 1.807) is 13.8 Å². The van der Waals surface area contributed by atoms with Crippen LogP contribution in [0.4, 0.5) is 0 Å². The lowest BCUT2D eigenvalue weighted by Gasteiger charge is -2.17. The first-order valence-electron chi connectivity index (χ1n) is 5.92. The molecule has 0 aromatic carbocycles. The molecule has 1 aromatic heterocycles. The highest BCUT2D eigenvalue weighted by atomic mass is 16.4. The van der Waals surface area contributed by atoms with Gasteiger partial charge in [-0.15, -0.1) is 12.3 Å². The molecule has 1 aromatic rings. The number of aliphatic carboxylic acids is 1. The molecule has 0 unspecified atom stereocenters. The molecule has 1 heterocycles. The Morgan fingerprint density at radius 1 is 1.45 bits per heavy atom. The molecule has 0 saturated carbocycles. The molecule has 0 aliphatic carbocycles. The average Bonchev–Trinajstić information content (AvgIpc) is 2.74. The Hall–Kier alpha value is -2.66. The van der Waals surface area contributed by atoms with Gasteiger partial charge in [0.1, 0.15) is 12.2 Å². The van der Waals surface area contributed by atoms with E-state index in [9.17, 15) is 9.59 Å². The molecule has 104 valence electrons. The zero-order valence-electron chi connectivity index (χ0n) is 11.4. The van der Waals surface area contributed by atoms with Crippen molar-refractivity contribution in [1.29, 1.82) is 0 Å². The van der Waals surface area contributed by atoms with Crippen LogP contribution in [0.2, 0.25) is 0 Å². The van der Waals surface area contributed by atoms with E-state index in [2.05, 4.69) is 17.8 Å². The zero-order valence-corrected chi connectivity index (χ0v) is 11.4. The van der Waals surface area contributed by atoms with E-state index >= 15 is 0 Å². The Morgan fingerprint density at radius 2 is 2.15 bits per heavy atom. The van der Waals surface area contributed by atoms with Crippen molar-refractivity contribution < 1.29 is 19.1 Å². The van der Waals surface area contributed by atoms with Gasteiger partial charge < -0.3 is 14.4 Å². The minimum Gasteiger partial charge on any atom is -0.481 e. The maximum atomic E-state index is 12.4. The van der Waals surface area contributed by atoms with Crippen LogP contribution < -0.4 is 0 Å². The third-order valence-corrected chi connectivity index (χ3v) is 2.59. The smallest absolute Gasteiger partial charge is 0.311 e. The minimum absolute atomic E-state index is 0.102. The van der Waals surface area contributed by atoms with Gasteiger partial charge in [-0.05, 0) is 13.8 Å². The summed E-state index contributed by atoms with van der Waals surface area (Å²) in [5, 5.41) is 8.83. The van der Waals surface area contributed by atoms with Crippen molar-refractivity contribution in [2.45, 2.75) is 20.3 Å². The van der Waals surface area contributed by atoms with E-state index in [1.807, 2.05) is 0 Å². The molecule has 0 fully saturated rings. The van der Waals surface area contributed by atoms with E-state index in [-0.39, 0.29) is 36.7 Å². The first-order chi connectivity index (χ1) is 9.51. The standard InChI is InChI=1S/C15H15NO4/c1-4-6-8-16(7-5-2)15(19)14-11(3)10-20-12(14)9-13(17)18/h2,10H,7-9H2,1,3H3,(H,17,18). The highest BCUT2D eigenvalue weighted by Crippen LogP contribution is 2.19. The molecule has 5 nitrogen and oxygen atoms in total. The van der Waals surface area contributed by atoms with Gasteiger partial charge in [0, 0.05) is 5.56 Å². The number of terminal acetylenes is 1. The summed E-state index contributed by atoms with van der Waals surface area (Å²) in [6.45, 7) is 3.64. The topological polar surface area (TPSA) is 70.8 Å². The van der Waals surface area contributed by atoms with Crippen molar-refractivity contribution in [1.82, 2.24) is 4.90 Å². The number of furan rings is 1. The predicted octanol–water partition coefficient (Wildman–Crippen LogP) is 1.31. The SMILES string of the molecule is C#CCN(CC#CC)C(=O)c1c(C)coc1CC(=O)O. The van der Waals surface area contributed by atoms with Gasteiger partial charge in [-0.25, -0.2) is 0 Å². The van der Waals surface area contributed by atoms with Crippen molar-refractivity contribution in [2.75, 3.05) is 13.1 Å². The number of nitrogens with zero attached hydrogens (tertiary/aromatic N) is 1. The third kappa shape index (κ3) is 3.66. The molecule has 0 spiro atoms. The lowest BCUT2D eigenvalue weighted by molar-refractivity contribution is -0.136. The summed E-state index contributed by atoms with van der Waals surface area (Å²) < 4.78 is 5.14. The number of amides is 1. The minimum atomic E-state index is -1.06. The lowest BCUT2D eigenvalue weighted by atomic mass is 10.1. The van der Waals surface area contributed by atoms with Crippen LogP contribution in [0.25, 0.3) is 0 Å². The molecule has 1 rings (SSSR count). The van der Waals surface area contributed by atoms with Gasteiger partial charge in [-0.2, -0.15) is 0 Å². The summed E-state index contributed by atoms with van der Waals surface area (Å²) in [7, 11) is 0. The second-order valence-corrected chi connectivity index (χ2v) is 4.08. The van der Waals surface area contributed by atoms with Crippen molar-refractivity contribution in [3.63, 3.8) is 0 Å². The van der Waals surface area contributed by atoms with Crippen LogP contribution in [0, 0.1) is 31.1 Å². The Labute approximate surface area is 117 Å². The van der Waals surface area contributed by atoms with E-state index in [0.29, 0.717) is 5.56 Å². The maximum Gasteiger partial charge on any atom is 0.311 e. The summed E-state index contributed by atoms with van der Waals surface area (Å²) in [4.78, 5) is 24.6. The van der Waals surface area contributed by atoms with Crippen molar-refractivity contribution in [3.8, 4) is 24.2 Å². The fourth-order valence-electron chi connectivity index (χ4n) is 1.69. The summed E-state index contributed by atoms with van der Waals surface area (Å²) in [5.41, 5.74) is 0.832. The van der Waals surface area contributed by atoms with Crippen LogP contribution in [0.5, 0.6) is 0 Å². The number of rotatable bonds is 5. The molecule has 0 atom stereocenters. The summed E-state index contributed by atoms with van der Waals surface area (Å²) in [5.74, 6) is 6.55. The number of aryl methyl sites for hydroxylation is 1. The highest BCUT2D eigenvalue weighted by Gasteiger charge is 2.24. The number of carbonyl (C=O) groups is 2. The van der Waals surface area contributed by atoms with Gasteiger partial charge >= 0.3 is 5.97 Å². The van der Waals surface area contributed by atoms with E-state index in [1.165, 1.54) is 11.2 Å². The Kier molecular flexibility index (Phi) is 5.43. The lowest BCUT2D eigenvalue weighted by Crippen LogP contribution is -2.32. The first-order valence-corrected chi connectivity index (χ1v) is 5.92. The van der Waals surface area contributed by atoms with Gasteiger partial charge in [0.2, 0.25) is 0 Å².